The molecular weight excluding hydrogens is 775 g/mol. The highest BCUT2D eigenvalue weighted by atomic mass is 15.0. The van der Waals surface area contributed by atoms with Crippen molar-refractivity contribution >= 4 is 43.1 Å². The highest BCUT2D eigenvalue weighted by molar-refractivity contribution is 6.14. The number of fused-ring (bicyclic) bond motifs is 5. The van der Waals surface area contributed by atoms with Crippen molar-refractivity contribution in [2.45, 2.75) is 0 Å². The van der Waals surface area contributed by atoms with E-state index in [0.29, 0.717) is 17.5 Å². The summed E-state index contributed by atoms with van der Waals surface area (Å²) < 4.78 is 0. The van der Waals surface area contributed by atoms with Crippen molar-refractivity contribution in [3.05, 3.63) is 237 Å². The van der Waals surface area contributed by atoms with Gasteiger partial charge in [0.05, 0.1) is 0 Å². The minimum atomic E-state index is 0.618. The van der Waals surface area contributed by atoms with E-state index in [-0.39, 0.29) is 0 Å². The summed E-state index contributed by atoms with van der Waals surface area (Å²) in [4.78, 5) is 15.9. The summed E-state index contributed by atoms with van der Waals surface area (Å²) in [5, 5.41) is 9.66. The van der Waals surface area contributed by atoms with Crippen molar-refractivity contribution in [2.75, 3.05) is 0 Å². The van der Waals surface area contributed by atoms with Crippen LogP contribution < -0.4 is 0 Å². The number of aromatic nitrogens is 3. The van der Waals surface area contributed by atoms with E-state index in [0.717, 1.165) is 44.2 Å². The molecule has 0 spiro atoms. The zero-order valence-corrected chi connectivity index (χ0v) is 34.9. The zero-order chi connectivity index (χ0) is 42.4. The van der Waals surface area contributed by atoms with Crippen LogP contribution in [-0.2, 0) is 0 Å². The number of benzene rings is 11. The predicted molar refractivity (Wildman–Crippen MR) is 268 cm³/mol. The molecule has 0 atom stereocenters. The number of hydrogen-bond donors (Lipinski definition) is 0. The third-order valence-corrected chi connectivity index (χ3v) is 12.5. The lowest BCUT2D eigenvalue weighted by Crippen LogP contribution is -2.01. The number of hydrogen-bond acceptors (Lipinski definition) is 3. The number of rotatable bonds is 7. The molecule has 3 nitrogen and oxygen atoms in total. The molecule has 0 fully saturated rings. The van der Waals surface area contributed by atoms with Gasteiger partial charge in [-0.25, -0.2) is 15.0 Å². The van der Waals surface area contributed by atoms with Crippen LogP contribution in [0.2, 0.25) is 0 Å². The molecule has 1 heterocycles. The second-order valence-electron chi connectivity index (χ2n) is 16.4. The Morgan fingerprint density at radius 2 is 0.672 bits per heavy atom. The molecule has 11 aromatic carbocycles. The summed E-state index contributed by atoms with van der Waals surface area (Å²) in [5.41, 5.74) is 12.0. The Morgan fingerprint density at radius 3 is 1.45 bits per heavy atom. The van der Waals surface area contributed by atoms with Gasteiger partial charge >= 0.3 is 0 Å². The van der Waals surface area contributed by atoms with Gasteiger partial charge in [0.2, 0.25) is 0 Å². The largest absolute Gasteiger partial charge is 0.208 e. The first kappa shape index (κ1) is 37.2. The third-order valence-electron chi connectivity index (χ3n) is 12.5. The Bertz CT molecular complexity index is 3720. The molecule has 0 radical (unpaired) electrons. The molecule has 0 aliphatic carbocycles. The van der Waals surface area contributed by atoms with Crippen LogP contribution in [0.25, 0.3) is 122 Å². The van der Waals surface area contributed by atoms with Crippen LogP contribution in [0, 0.1) is 0 Å². The van der Waals surface area contributed by atoms with E-state index in [1.54, 1.807) is 0 Å². The first-order valence-corrected chi connectivity index (χ1v) is 21.8. The van der Waals surface area contributed by atoms with Gasteiger partial charge in [0, 0.05) is 16.7 Å². The Hall–Kier alpha value is -8.53. The molecule has 12 aromatic rings. The highest BCUT2D eigenvalue weighted by Gasteiger charge is 2.18. The van der Waals surface area contributed by atoms with Crippen LogP contribution in [0.3, 0.4) is 0 Å². The summed E-state index contributed by atoms with van der Waals surface area (Å²) in [6.45, 7) is 0. The molecule has 1 aromatic heterocycles. The predicted octanol–water partition coefficient (Wildman–Crippen LogP) is 16.2. The molecule has 12 rings (SSSR count). The molecule has 0 bridgehead atoms. The Balaban J connectivity index is 1.00. The van der Waals surface area contributed by atoms with Crippen LogP contribution in [0.15, 0.2) is 237 Å². The van der Waals surface area contributed by atoms with Gasteiger partial charge in [-0.15, -0.1) is 0 Å². The molecular formula is C61H39N3. The standard InChI is InChI=1S/C61H39N3/c1-2-14-40(15-3-1)44-32-33-46-37-50(35-34-45(46)36-44)60-62-59(49-20-12-19-47(38-49)58-39-48-17-5-7-23-54(48)55-24-9-10-25-56(55)58)63-61(64-60)57-26-11-8-22-53(57)43-30-28-42(29-31-43)52-27-13-18-41-16-4-6-21-51(41)52/h1-39H. The van der Waals surface area contributed by atoms with E-state index in [2.05, 4.69) is 237 Å². The highest BCUT2D eigenvalue weighted by Crippen LogP contribution is 2.39. The van der Waals surface area contributed by atoms with Crippen molar-refractivity contribution in [1.29, 1.82) is 0 Å². The summed E-state index contributed by atoms with van der Waals surface area (Å²) in [6.07, 6.45) is 0. The van der Waals surface area contributed by atoms with Crippen molar-refractivity contribution < 1.29 is 0 Å². The fraction of sp³-hybridized carbons (Fsp3) is 0. The Morgan fingerprint density at radius 1 is 0.188 bits per heavy atom. The summed E-state index contributed by atoms with van der Waals surface area (Å²) in [6, 6.07) is 84.3. The second-order valence-corrected chi connectivity index (χ2v) is 16.4. The fourth-order valence-corrected chi connectivity index (χ4v) is 9.30. The molecule has 0 aliphatic heterocycles. The molecule has 64 heavy (non-hydrogen) atoms. The normalized spacial score (nSPS) is 11.4. The molecule has 0 saturated heterocycles. The quantitative estimate of drug-likeness (QED) is 0.150. The van der Waals surface area contributed by atoms with Gasteiger partial charge in [-0.2, -0.15) is 0 Å². The van der Waals surface area contributed by atoms with E-state index in [4.69, 9.17) is 15.0 Å². The SMILES string of the molecule is c1ccc(-c2ccc3cc(-c4nc(-c5cccc(-c6cc7ccccc7c7ccccc67)c5)nc(-c5ccccc5-c5ccc(-c6cccc7ccccc67)cc5)n4)ccc3c2)cc1. The van der Waals surface area contributed by atoms with Gasteiger partial charge in [0.1, 0.15) is 0 Å². The Kier molecular flexibility index (Phi) is 9.16. The molecule has 0 aliphatic rings. The zero-order valence-electron chi connectivity index (χ0n) is 34.9. The van der Waals surface area contributed by atoms with Crippen LogP contribution in [0.1, 0.15) is 0 Å². The van der Waals surface area contributed by atoms with E-state index in [1.165, 1.54) is 60.1 Å². The van der Waals surface area contributed by atoms with Crippen molar-refractivity contribution in [3.63, 3.8) is 0 Å². The maximum absolute atomic E-state index is 5.32. The molecule has 0 amide bonds. The monoisotopic (exact) mass is 813 g/mol. The van der Waals surface area contributed by atoms with Gasteiger partial charge in [0.15, 0.2) is 17.5 Å². The van der Waals surface area contributed by atoms with E-state index < -0.39 is 0 Å². The van der Waals surface area contributed by atoms with Crippen LogP contribution in [-0.4, -0.2) is 15.0 Å². The van der Waals surface area contributed by atoms with E-state index in [9.17, 15) is 0 Å². The first-order valence-electron chi connectivity index (χ1n) is 21.8. The van der Waals surface area contributed by atoms with Crippen LogP contribution in [0.5, 0.6) is 0 Å². The smallest absolute Gasteiger partial charge is 0.164 e. The van der Waals surface area contributed by atoms with Gasteiger partial charge < -0.3 is 0 Å². The van der Waals surface area contributed by atoms with Crippen molar-refractivity contribution in [3.8, 4) is 78.7 Å². The van der Waals surface area contributed by atoms with Crippen LogP contribution in [0.4, 0.5) is 0 Å². The van der Waals surface area contributed by atoms with Crippen molar-refractivity contribution in [2.24, 2.45) is 0 Å². The molecule has 0 unspecified atom stereocenters. The fourth-order valence-electron chi connectivity index (χ4n) is 9.30. The average molecular weight is 814 g/mol. The molecule has 0 saturated carbocycles. The van der Waals surface area contributed by atoms with Gasteiger partial charge in [-0.3, -0.25) is 0 Å². The minimum absolute atomic E-state index is 0.618. The third kappa shape index (κ3) is 6.77. The van der Waals surface area contributed by atoms with Crippen LogP contribution >= 0.6 is 0 Å². The van der Waals surface area contributed by atoms with E-state index >= 15 is 0 Å². The van der Waals surface area contributed by atoms with Gasteiger partial charge in [-0.1, -0.05) is 212 Å². The van der Waals surface area contributed by atoms with Crippen molar-refractivity contribution in [1.82, 2.24) is 15.0 Å². The maximum Gasteiger partial charge on any atom is 0.164 e. The minimum Gasteiger partial charge on any atom is -0.208 e. The molecule has 3 heteroatoms. The molecule has 298 valence electrons. The Labute approximate surface area is 371 Å². The lowest BCUT2D eigenvalue weighted by Gasteiger charge is -2.14. The summed E-state index contributed by atoms with van der Waals surface area (Å²) in [5.74, 6) is 1.86. The second kappa shape index (κ2) is 15.7. The van der Waals surface area contributed by atoms with Gasteiger partial charge in [-0.05, 0) is 112 Å². The average Bonchev–Trinajstić information content (AvgIpc) is 3.38. The summed E-state index contributed by atoms with van der Waals surface area (Å²) in [7, 11) is 0. The van der Waals surface area contributed by atoms with Gasteiger partial charge in [0.25, 0.3) is 0 Å². The lowest BCUT2D eigenvalue weighted by molar-refractivity contribution is 1.07. The maximum atomic E-state index is 5.32. The lowest BCUT2D eigenvalue weighted by atomic mass is 9.92. The number of nitrogens with zero attached hydrogens (tertiary/aromatic N) is 3. The summed E-state index contributed by atoms with van der Waals surface area (Å²) >= 11 is 0. The molecule has 0 N–H and O–H groups in total. The first-order chi connectivity index (χ1) is 31.7. The van der Waals surface area contributed by atoms with E-state index in [1.807, 2.05) is 0 Å². The topological polar surface area (TPSA) is 38.7 Å².